The Kier molecular flexibility index (Phi) is 11.1. The molecule has 0 spiro atoms. The number of nitrogens with one attached hydrogen (secondary N) is 2. The average molecular weight is 509 g/mol. The number of halogens is 1. The highest BCUT2D eigenvalue weighted by atomic mass is 28.4. The summed E-state index contributed by atoms with van der Waals surface area (Å²) in [5.41, 5.74) is 0.0454. The molecule has 0 saturated carbocycles. The van der Waals surface area contributed by atoms with Gasteiger partial charge in [0.05, 0.1) is 7.11 Å². The van der Waals surface area contributed by atoms with Gasteiger partial charge in [-0.25, -0.2) is 9.59 Å². The van der Waals surface area contributed by atoms with Crippen LogP contribution in [-0.2, 0) is 19.1 Å². The second-order valence-corrected chi connectivity index (χ2v) is 14.7. The van der Waals surface area contributed by atoms with Crippen LogP contribution in [0.4, 0.5) is 8.90 Å². The number of ether oxygens (including phenoxy) is 2. The van der Waals surface area contributed by atoms with Crippen molar-refractivity contribution in [3.8, 4) is 0 Å². The summed E-state index contributed by atoms with van der Waals surface area (Å²) in [5.74, 6) is -1.14. The van der Waals surface area contributed by atoms with E-state index in [1.165, 1.54) is 14.0 Å². The van der Waals surface area contributed by atoms with Crippen molar-refractivity contribution in [3.63, 3.8) is 0 Å². The Morgan fingerprint density at radius 2 is 1.54 bits per heavy atom. The maximum Gasteiger partial charge on any atom is 0.408 e. The molecule has 0 saturated heterocycles. The van der Waals surface area contributed by atoms with Crippen LogP contribution in [0.25, 0.3) is 6.08 Å². The standard InChI is InChI=1S/C26H41FN2O5Si/c1-17(2)35(27,18(3)4)21-15-13-20(14-16-21)11-10-12-22(29-25(32)34-26(6,7)8)23(30)28-19(5)24(31)33-9/h10-11,13-19,22H,12H2,1-9H3,(H,28,30)(H,29,32)/b11-10+/t19-,22-/m0/s1. The van der Waals surface area contributed by atoms with E-state index >= 15 is 4.11 Å². The average Bonchev–Trinajstić information content (AvgIpc) is 2.75. The minimum Gasteiger partial charge on any atom is -0.467 e. The van der Waals surface area contributed by atoms with Crippen molar-refractivity contribution in [2.45, 2.75) is 90.6 Å². The van der Waals surface area contributed by atoms with E-state index in [9.17, 15) is 14.4 Å². The number of hydrogen-bond acceptors (Lipinski definition) is 5. The van der Waals surface area contributed by atoms with E-state index in [1.54, 1.807) is 32.9 Å². The molecule has 0 aliphatic rings. The Labute approximate surface area is 210 Å². The lowest BCUT2D eigenvalue weighted by Crippen LogP contribution is -2.51. The number of amides is 2. The van der Waals surface area contributed by atoms with Crippen LogP contribution >= 0.6 is 0 Å². The highest BCUT2D eigenvalue weighted by molar-refractivity contribution is 6.88. The van der Waals surface area contributed by atoms with E-state index in [2.05, 4.69) is 15.4 Å². The van der Waals surface area contributed by atoms with Crippen LogP contribution in [0.3, 0.4) is 0 Å². The largest absolute Gasteiger partial charge is 0.467 e. The van der Waals surface area contributed by atoms with Crippen LogP contribution in [0.2, 0.25) is 11.1 Å². The van der Waals surface area contributed by atoms with Gasteiger partial charge in [-0.1, -0.05) is 64.1 Å². The molecule has 1 aromatic rings. The van der Waals surface area contributed by atoms with Crippen molar-refractivity contribution in [1.82, 2.24) is 10.6 Å². The zero-order valence-electron chi connectivity index (χ0n) is 22.4. The molecule has 0 fully saturated rings. The lowest BCUT2D eigenvalue weighted by molar-refractivity contribution is -0.144. The van der Waals surface area contributed by atoms with Gasteiger partial charge in [-0.2, -0.15) is 0 Å². The lowest BCUT2D eigenvalue weighted by atomic mass is 10.1. The maximum absolute atomic E-state index is 15.8. The number of methoxy groups -OCH3 is 1. The Morgan fingerprint density at radius 3 is 2.00 bits per heavy atom. The van der Waals surface area contributed by atoms with Gasteiger partial charge in [-0.05, 0) is 55.9 Å². The summed E-state index contributed by atoms with van der Waals surface area (Å²) >= 11 is 0. The number of carbonyl (C=O) groups is 3. The van der Waals surface area contributed by atoms with E-state index in [0.29, 0.717) is 0 Å². The first kappa shape index (κ1) is 30.3. The summed E-state index contributed by atoms with van der Waals surface area (Å²) in [6, 6.07) is 5.54. The third-order valence-electron chi connectivity index (χ3n) is 5.64. The Bertz CT molecular complexity index is 886. The highest BCUT2D eigenvalue weighted by Crippen LogP contribution is 2.33. The first-order chi connectivity index (χ1) is 16.1. The van der Waals surface area contributed by atoms with Crippen molar-refractivity contribution in [2.24, 2.45) is 0 Å². The van der Waals surface area contributed by atoms with Crippen LogP contribution in [0.5, 0.6) is 0 Å². The topological polar surface area (TPSA) is 93.7 Å². The fourth-order valence-electron chi connectivity index (χ4n) is 3.75. The number of benzene rings is 1. The molecular formula is C26H41FN2O5Si. The van der Waals surface area contributed by atoms with Crippen molar-refractivity contribution in [3.05, 3.63) is 35.9 Å². The van der Waals surface area contributed by atoms with E-state index in [0.717, 1.165) is 10.8 Å². The molecule has 196 valence electrons. The fourth-order valence-corrected chi connectivity index (χ4v) is 7.10. The zero-order valence-corrected chi connectivity index (χ0v) is 23.4. The van der Waals surface area contributed by atoms with Crippen LogP contribution < -0.4 is 15.8 Å². The number of esters is 1. The molecule has 0 radical (unpaired) electrons. The SMILES string of the molecule is COC(=O)[C@H](C)NC(=O)[C@H](C/C=C/c1ccc([Si](F)(C(C)C)C(C)C)cc1)NC(=O)OC(C)(C)C. The second kappa shape index (κ2) is 12.9. The molecule has 2 N–H and O–H groups in total. The van der Waals surface area contributed by atoms with Crippen molar-refractivity contribution >= 4 is 37.6 Å². The summed E-state index contributed by atoms with van der Waals surface area (Å²) in [4.78, 5) is 36.7. The van der Waals surface area contributed by atoms with Gasteiger partial charge in [0, 0.05) is 0 Å². The van der Waals surface area contributed by atoms with Gasteiger partial charge in [0.25, 0.3) is 8.41 Å². The number of alkyl carbamates (subject to hydrolysis) is 1. The van der Waals surface area contributed by atoms with Gasteiger partial charge in [-0.3, -0.25) is 4.79 Å². The van der Waals surface area contributed by atoms with Crippen LogP contribution in [-0.4, -0.2) is 51.2 Å². The molecule has 1 rings (SSSR count). The van der Waals surface area contributed by atoms with E-state index in [1.807, 2.05) is 52.0 Å². The minimum atomic E-state index is -3.11. The molecule has 9 heteroatoms. The van der Waals surface area contributed by atoms with E-state index < -0.39 is 44.1 Å². The van der Waals surface area contributed by atoms with Gasteiger partial charge >= 0.3 is 12.1 Å². The van der Waals surface area contributed by atoms with Gasteiger partial charge < -0.3 is 24.2 Å². The molecule has 2 amide bonds. The molecule has 0 aromatic heterocycles. The van der Waals surface area contributed by atoms with Gasteiger partial charge in [-0.15, -0.1) is 0 Å². The van der Waals surface area contributed by atoms with Crippen molar-refractivity contribution in [1.29, 1.82) is 0 Å². The molecule has 0 heterocycles. The second-order valence-electron chi connectivity index (χ2n) is 10.3. The number of carbonyl (C=O) groups excluding carboxylic acids is 3. The summed E-state index contributed by atoms with van der Waals surface area (Å²) < 4.78 is 25.7. The molecule has 0 aliphatic heterocycles. The maximum atomic E-state index is 15.8. The molecular weight excluding hydrogens is 467 g/mol. The Hall–Kier alpha value is -2.68. The summed E-state index contributed by atoms with van der Waals surface area (Å²) in [7, 11) is -1.88. The van der Waals surface area contributed by atoms with Gasteiger partial charge in [0.15, 0.2) is 0 Å². The van der Waals surface area contributed by atoms with Crippen molar-refractivity contribution < 1.29 is 28.0 Å². The first-order valence-corrected chi connectivity index (χ1v) is 14.0. The minimum absolute atomic E-state index is 0.0329. The van der Waals surface area contributed by atoms with Crippen LogP contribution in [0.15, 0.2) is 30.3 Å². The molecule has 2 atom stereocenters. The van der Waals surface area contributed by atoms with Crippen molar-refractivity contribution in [2.75, 3.05) is 7.11 Å². The highest BCUT2D eigenvalue weighted by Gasteiger charge is 2.43. The Balaban J connectivity index is 3.00. The molecule has 0 aliphatic carbocycles. The molecule has 1 aromatic carbocycles. The molecule has 0 unspecified atom stereocenters. The fraction of sp³-hybridized carbons (Fsp3) is 0.577. The zero-order chi connectivity index (χ0) is 27.0. The Morgan fingerprint density at radius 1 is 1.00 bits per heavy atom. The smallest absolute Gasteiger partial charge is 0.408 e. The van der Waals surface area contributed by atoms with Gasteiger partial charge in [0.1, 0.15) is 17.7 Å². The summed E-state index contributed by atoms with van der Waals surface area (Å²) in [6.45, 7) is 14.4. The van der Waals surface area contributed by atoms with Gasteiger partial charge in [0.2, 0.25) is 5.91 Å². The normalized spacial score (nSPS) is 14.1. The lowest BCUT2D eigenvalue weighted by Gasteiger charge is -2.30. The molecule has 0 bridgehead atoms. The van der Waals surface area contributed by atoms with E-state index in [-0.39, 0.29) is 17.5 Å². The van der Waals surface area contributed by atoms with Crippen LogP contribution in [0.1, 0.15) is 67.4 Å². The number of rotatable bonds is 10. The quantitative estimate of drug-likeness (QED) is 0.274. The predicted molar refractivity (Wildman–Crippen MR) is 140 cm³/mol. The van der Waals surface area contributed by atoms with Crippen LogP contribution in [0, 0.1) is 0 Å². The summed E-state index contributed by atoms with van der Waals surface area (Å²) in [6.07, 6.45) is 2.95. The van der Waals surface area contributed by atoms with E-state index in [4.69, 9.17) is 4.74 Å². The third kappa shape index (κ3) is 9.12. The monoisotopic (exact) mass is 508 g/mol. The third-order valence-corrected chi connectivity index (χ3v) is 10.2. The predicted octanol–water partition coefficient (Wildman–Crippen LogP) is 4.60. The molecule has 7 nitrogen and oxygen atoms in total. The summed E-state index contributed by atoms with van der Waals surface area (Å²) in [5, 5.41) is 5.86. The number of hydrogen-bond donors (Lipinski definition) is 2. The molecule has 35 heavy (non-hydrogen) atoms. The first-order valence-electron chi connectivity index (χ1n) is 12.0.